The summed E-state index contributed by atoms with van der Waals surface area (Å²) >= 11 is 1.35. The molecule has 0 amide bonds. The number of hydrogen-bond donors (Lipinski definition) is 1. The van der Waals surface area contributed by atoms with Crippen molar-refractivity contribution >= 4 is 11.8 Å². The second kappa shape index (κ2) is 7.61. The Balaban J connectivity index is 1.32. The number of thioether (sulfide) groups is 1. The fraction of sp³-hybridized carbons (Fsp3) is 0.500. The van der Waals surface area contributed by atoms with Crippen LogP contribution in [0.3, 0.4) is 0 Å². The van der Waals surface area contributed by atoms with Crippen molar-refractivity contribution in [2.24, 2.45) is 0 Å². The number of β-amino-alcohol motifs (C(OH)–C–C–N with tert-alkyl or cyclic N) is 1. The highest BCUT2D eigenvalue weighted by Crippen LogP contribution is 2.36. The Bertz CT molecular complexity index is 720. The van der Waals surface area contributed by atoms with Gasteiger partial charge in [-0.2, -0.15) is 0 Å². The standard InChI is InChI=1S/C16H19N3O5S/c20-12(8-19-3-5-21-6-4-19)9-25-16-18-17-15(24-16)11-1-2-13-14(7-11)23-10-22-13/h1-2,7,12,20H,3-6,8-10H2/t12-/m1/s1. The number of morpholine rings is 1. The molecule has 8 nitrogen and oxygen atoms in total. The summed E-state index contributed by atoms with van der Waals surface area (Å²) in [4.78, 5) is 2.20. The largest absolute Gasteiger partial charge is 0.454 e. The van der Waals surface area contributed by atoms with E-state index in [4.69, 9.17) is 18.6 Å². The molecule has 134 valence electrons. The first-order valence-electron chi connectivity index (χ1n) is 8.12. The Morgan fingerprint density at radius 1 is 1.16 bits per heavy atom. The lowest BCUT2D eigenvalue weighted by atomic mass is 10.2. The molecule has 3 heterocycles. The number of nitrogens with zero attached hydrogens (tertiary/aromatic N) is 3. The average molecular weight is 365 g/mol. The molecule has 4 rings (SSSR count). The van der Waals surface area contributed by atoms with Crippen LogP contribution in [0.5, 0.6) is 11.5 Å². The molecule has 1 N–H and O–H groups in total. The Morgan fingerprint density at radius 3 is 2.88 bits per heavy atom. The minimum absolute atomic E-state index is 0.227. The number of ether oxygens (including phenoxy) is 3. The van der Waals surface area contributed by atoms with Crippen molar-refractivity contribution in [3.05, 3.63) is 18.2 Å². The Labute approximate surface area is 149 Å². The van der Waals surface area contributed by atoms with Gasteiger partial charge in [-0.25, -0.2) is 0 Å². The van der Waals surface area contributed by atoms with Gasteiger partial charge in [-0.05, 0) is 18.2 Å². The third kappa shape index (κ3) is 4.06. The van der Waals surface area contributed by atoms with E-state index in [-0.39, 0.29) is 6.79 Å². The van der Waals surface area contributed by atoms with Crippen LogP contribution in [0.2, 0.25) is 0 Å². The lowest BCUT2D eigenvalue weighted by molar-refractivity contribution is 0.0188. The molecule has 1 aromatic carbocycles. The predicted octanol–water partition coefficient (Wildman–Crippen LogP) is 1.25. The molecule has 0 aliphatic carbocycles. The van der Waals surface area contributed by atoms with Crippen LogP contribution < -0.4 is 9.47 Å². The molecule has 9 heteroatoms. The van der Waals surface area contributed by atoms with E-state index in [1.54, 1.807) is 0 Å². The summed E-state index contributed by atoms with van der Waals surface area (Å²) in [6, 6.07) is 5.49. The SMILES string of the molecule is O[C@@H](CSc1nnc(-c2ccc3c(c2)OCO3)o1)CN1CCOCC1. The Kier molecular flexibility index (Phi) is 5.07. The van der Waals surface area contributed by atoms with Crippen molar-refractivity contribution in [3.63, 3.8) is 0 Å². The molecule has 0 spiro atoms. The number of hydrogen-bond acceptors (Lipinski definition) is 9. The molecule has 2 aromatic rings. The normalized spacial score (nSPS) is 18.4. The van der Waals surface area contributed by atoms with Crippen molar-refractivity contribution in [1.29, 1.82) is 0 Å². The summed E-state index contributed by atoms with van der Waals surface area (Å²) < 4.78 is 21.6. The van der Waals surface area contributed by atoms with Crippen molar-refractivity contribution in [2.75, 3.05) is 45.4 Å². The van der Waals surface area contributed by atoms with Crippen LogP contribution >= 0.6 is 11.8 Å². The van der Waals surface area contributed by atoms with Crippen molar-refractivity contribution < 1.29 is 23.7 Å². The smallest absolute Gasteiger partial charge is 0.276 e. The molecule has 1 saturated heterocycles. The van der Waals surface area contributed by atoms with Gasteiger partial charge < -0.3 is 23.7 Å². The third-order valence-electron chi connectivity index (χ3n) is 4.00. The van der Waals surface area contributed by atoms with Gasteiger partial charge in [0.2, 0.25) is 12.7 Å². The van der Waals surface area contributed by atoms with Crippen LogP contribution in [-0.4, -0.2) is 71.7 Å². The summed E-state index contributed by atoms with van der Waals surface area (Å²) in [7, 11) is 0. The topological polar surface area (TPSA) is 90.1 Å². The van der Waals surface area contributed by atoms with Gasteiger partial charge in [-0.3, -0.25) is 4.90 Å². The monoisotopic (exact) mass is 365 g/mol. The van der Waals surface area contributed by atoms with E-state index in [1.165, 1.54) is 11.8 Å². The predicted molar refractivity (Wildman–Crippen MR) is 89.8 cm³/mol. The van der Waals surface area contributed by atoms with Crippen LogP contribution in [0.4, 0.5) is 0 Å². The molecule has 0 saturated carbocycles. The summed E-state index contributed by atoms with van der Waals surface area (Å²) in [5.74, 6) is 2.30. The van der Waals surface area contributed by atoms with E-state index in [2.05, 4.69) is 15.1 Å². The maximum Gasteiger partial charge on any atom is 0.276 e. The fourth-order valence-corrected chi connectivity index (χ4v) is 3.39. The quantitative estimate of drug-likeness (QED) is 0.760. The highest BCUT2D eigenvalue weighted by Gasteiger charge is 2.18. The van der Waals surface area contributed by atoms with Gasteiger partial charge in [0.1, 0.15) is 0 Å². The van der Waals surface area contributed by atoms with Crippen LogP contribution in [-0.2, 0) is 4.74 Å². The van der Waals surface area contributed by atoms with E-state index in [0.717, 1.165) is 31.9 Å². The average Bonchev–Trinajstić information content (AvgIpc) is 3.29. The van der Waals surface area contributed by atoms with Gasteiger partial charge in [0.05, 0.1) is 19.3 Å². The molecule has 0 radical (unpaired) electrons. The van der Waals surface area contributed by atoms with Gasteiger partial charge >= 0.3 is 0 Å². The van der Waals surface area contributed by atoms with Gasteiger partial charge in [-0.15, -0.1) is 10.2 Å². The highest BCUT2D eigenvalue weighted by atomic mass is 32.2. The van der Waals surface area contributed by atoms with Crippen molar-refractivity contribution in [3.8, 4) is 23.0 Å². The van der Waals surface area contributed by atoms with Crippen molar-refractivity contribution in [2.45, 2.75) is 11.3 Å². The van der Waals surface area contributed by atoms with Crippen LogP contribution in [0.15, 0.2) is 27.8 Å². The fourth-order valence-electron chi connectivity index (χ4n) is 2.72. The minimum Gasteiger partial charge on any atom is -0.454 e. The first-order valence-corrected chi connectivity index (χ1v) is 9.11. The maximum atomic E-state index is 10.2. The van der Waals surface area contributed by atoms with E-state index in [0.29, 0.717) is 34.9 Å². The lowest BCUT2D eigenvalue weighted by Gasteiger charge is -2.28. The van der Waals surface area contributed by atoms with E-state index in [1.807, 2.05) is 18.2 Å². The summed E-state index contributed by atoms with van der Waals surface area (Å²) in [6.07, 6.45) is -0.455. The number of fused-ring (bicyclic) bond motifs is 1. The summed E-state index contributed by atoms with van der Waals surface area (Å²) in [5.41, 5.74) is 0.775. The molecule has 1 atom stereocenters. The first kappa shape index (κ1) is 16.6. The van der Waals surface area contributed by atoms with Gasteiger partial charge in [0, 0.05) is 31.0 Å². The number of aliphatic hydroxyl groups is 1. The highest BCUT2D eigenvalue weighted by molar-refractivity contribution is 7.99. The molecular weight excluding hydrogens is 346 g/mol. The molecule has 2 aliphatic heterocycles. The number of rotatable bonds is 6. The van der Waals surface area contributed by atoms with E-state index in [9.17, 15) is 5.11 Å². The van der Waals surface area contributed by atoms with Gasteiger partial charge in [-0.1, -0.05) is 11.8 Å². The zero-order valence-electron chi connectivity index (χ0n) is 13.6. The zero-order chi connectivity index (χ0) is 17.1. The minimum atomic E-state index is -0.455. The lowest BCUT2D eigenvalue weighted by Crippen LogP contribution is -2.41. The van der Waals surface area contributed by atoms with E-state index < -0.39 is 6.10 Å². The number of aliphatic hydroxyl groups excluding tert-OH is 1. The number of aromatic nitrogens is 2. The second-order valence-corrected chi connectivity index (χ2v) is 6.79. The second-order valence-electron chi connectivity index (χ2n) is 5.82. The third-order valence-corrected chi connectivity index (χ3v) is 4.96. The summed E-state index contributed by atoms with van der Waals surface area (Å²) in [6.45, 7) is 4.02. The first-order chi connectivity index (χ1) is 12.3. The Morgan fingerprint density at radius 2 is 2.00 bits per heavy atom. The number of benzene rings is 1. The van der Waals surface area contributed by atoms with Crippen LogP contribution in [0.1, 0.15) is 0 Å². The van der Waals surface area contributed by atoms with Crippen LogP contribution in [0, 0.1) is 0 Å². The molecule has 1 fully saturated rings. The molecule has 0 bridgehead atoms. The molecular formula is C16H19N3O5S. The zero-order valence-corrected chi connectivity index (χ0v) is 14.4. The molecule has 1 aromatic heterocycles. The van der Waals surface area contributed by atoms with Gasteiger partial charge in [0.25, 0.3) is 5.22 Å². The maximum absolute atomic E-state index is 10.2. The summed E-state index contributed by atoms with van der Waals surface area (Å²) in [5, 5.41) is 18.7. The van der Waals surface area contributed by atoms with Crippen molar-refractivity contribution in [1.82, 2.24) is 15.1 Å². The van der Waals surface area contributed by atoms with Gasteiger partial charge in [0.15, 0.2) is 11.5 Å². The van der Waals surface area contributed by atoms with E-state index >= 15 is 0 Å². The molecule has 2 aliphatic rings. The molecule has 0 unspecified atom stereocenters. The van der Waals surface area contributed by atoms with Crippen LogP contribution in [0.25, 0.3) is 11.5 Å². The molecule has 25 heavy (non-hydrogen) atoms. The Hall–Kier alpha value is -1.81.